The minimum absolute atomic E-state index is 0.378. The van der Waals surface area contributed by atoms with E-state index in [1.165, 1.54) is 11.3 Å². The van der Waals surface area contributed by atoms with Crippen molar-refractivity contribution in [2.75, 3.05) is 13.2 Å². The van der Waals surface area contributed by atoms with Crippen LogP contribution in [0.5, 0.6) is 11.5 Å². The van der Waals surface area contributed by atoms with Gasteiger partial charge in [0, 0.05) is 11.3 Å². The molecule has 0 aliphatic carbocycles. The zero-order valence-corrected chi connectivity index (χ0v) is 13.6. The fraction of sp³-hybridized carbons (Fsp3) is 0.188. The summed E-state index contributed by atoms with van der Waals surface area (Å²) in [7, 11) is 0. The molecule has 7 nitrogen and oxygen atoms in total. The monoisotopic (exact) mass is 343 g/mol. The van der Waals surface area contributed by atoms with E-state index in [2.05, 4.69) is 4.98 Å². The largest absolute Gasteiger partial charge is 0.486 e. The van der Waals surface area contributed by atoms with E-state index in [4.69, 9.17) is 15.2 Å². The van der Waals surface area contributed by atoms with Crippen LogP contribution in [0.25, 0.3) is 16.2 Å². The number of carbonyl (C=O) groups is 2. The molecule has 1 amide bonds. The highest BCUT2D eigenvalue weighted by molar-refractivity contribution is 7.19. The Bertz CT molecular complexity index is 989. The molecule has 1 aliphatic heterocycles. The van der Waals surface area contributed by atoms with Gasteiger partial charge in [-0.25, -0.2) is 4.98 Å². The van der Waals surface area contributed by atoms with Crippen LogP contribution in [0.15, 0.2) is 18.2 Å². The first-order valence-corrected chi connectivity index (χ1v) is 8.08. The summed E-state index contributed by atoms with van der Waals surface area (Å²) in [4.78, 5) is 28.6. The predicted molar refractivity (Wildman–Crippen MR) is 88.1 cm³/mol. The van der Waals surface area contributed by atoms with Gasteiger partial charge in [0.2, 0.25) is 0 Å². The van der Waals surface area contributed by atoms with Crippen LogP contribution in [0.2, 0.25) is 0 Å². The van der Waals surface area contributed by atoms with Crippen LogP contribution < -0.4 is 15.2 Å². The molecule has 3 aromatic rings. The zero-order chi connectivity index (χ0) is 16.8. The summed E-state index contributed by atoms with van der Waals surface area (Å²) in [6.07, 6.45) is 0.733. The van der Waals surface area contributed by atoms with Gasteiger partial charge in [-0.3, -0.25) is 14.0 Å². The number of amides is 1. The number of hydrogen-bond donors (Lipinski definition) is 1. The third kappa shape index (κ3) is 2.07. The molecular weight excluding hydrogens is 330 g/mol. The zero-order valence-electron chi connectivity index (χ0n) is 12.7. The molecule has 0 spiro atoms. The first-order chi connectivity index (χ1) is 11.6. The van der Waals surface area contributed by atoms with Gasteiger partial charge in [0.1, 0.15) is 29.5 Å². The standard InChI is InChI=1S/C16H13N3O4S/c1-8-14(15(17)21)24-16-18-13(10(7-20)19(8)16)9-2-3-11-12(6-9)23-5-4-22-11/h2-3,6-7H,4-5H2,1H3,(H2,17,21). The van der Waals surface area contributed by atoms with E-state index in [1.54, 1.807) is 23.5 Å². The van der Waals surface area contributed by atoms with Crippen molar-refractivity contribution in [3.63, 3.8) is 0 Å². The number of rotatable bonds is 3. The highest BCUT2D eigenvalue weighted by Crippen LogP contribution is 2.36. The second kappa shape index (κ2) is 5.34. The summed E-state index contributed by atoms with van der Waals surface area (Å²) in [5.41, 5.74) is 7.64. The van der Waals surface area contributed by atoms with Crippen LogP contribution in [-0.2, 0) is 0 Å². The highest BCUT2D eigenvalue weighted by atomic mass is 32.1. The van der Waals surface area contributed by atoms with E-state index in [9.17, 15) is 9.59 Å². The van der Waals surface area contributed by atoms with Crippen LogP contribution in [0.1, 0.15) is 25.9 Å². The Hall–Kier alpha value is -2.87. The van der Waals surface area contributed by atoms with Crippen LogP contribution in [0, 0.1) is 6.92 Å². The van der Waals surface area contributed by atoms with E-state index in [0.29, 0.717) is 51.6 Å². The third-order valence-corrected chi connectivity index (χ3v) is 5.05. The van der Waals surface area contributed by atoms with Crippen molar-refractivity contribution in [3.05, 3.63) is 34.5 Å². The van der Waals surface area contributed by atoms with Crippen molar-refractivity contribution in [3.8, 4) is 22.8 Å². The van der Waals surface area contributed by atoms with Crippen LogP contribution in [0.4, 0.5) is 0 Å². The topological polar surface area (TPSA) is 95.9 Å². The van der Waals surface area contributed by atoms with Crippen molar-refractivity contribution in [2.24, 2.45) is 5.73 Å². The van der Waals surface area contributed by atoms with Gasteiger partial charge >= 0.3 is 0 Å². The molecule has 3 heterocycles. The van der Waals surface area contributed by atoms with Crippen molar-refractivity contribution >= 4 is 28.5 Å². The Morgan fingerprint density at radius 2 is 2.08 bits per heavy atom. The number of fused-ring (bicyclic) bond motifs is 2. The number of aromatic nitrogens is 2. The summed E-state index contributed by atoms with van der Waals surface area (Å²) in [6, 6.07) is 5.43. The quantitative estimate of drug-likeness (QED) is 0.734. The lowest BCUT2D eigenvalue weighted by molar-refractivity contribution is 0.100. The molecule has 122 valence electrons. The first-order valence-electron chi connectivity index (χ1n) is 7.27. The molecule has 0 fully saturated rings. The van der Waals surface area contributed by atoms with E-state index >= 15 is 0 Å². The summed E-state index contributed by atoms with van der Waals surface area (Å²) in [5.74, 6) is 0.771. The van der Waals surface area contributed by atoms with Gasteiger partial charge in [-0.1, -0.05) is 11.3 Å². The number of benzene rings is 1. The fourth-order valence-electron chi connectivity index (χ4n) is 2.81. The normalized spacial score (nSPS) is 13.2. The molecule has 0 unspecified atom stereocenters. The Labute approximate surface area is 140 Å². The van der Waals surface area contributed by atoms with Gasteiger partial charge < -0.3 is 15.2 Å². The van der Waals surface area contributed by atoms with E-state index in [-0.39, 0.29) is 0 Å². The van der Waals surface area contributed by atoms with Gasteiger partial charge in [0.15, 0.2) is 22.7 Å². The molecule has 1 aliphatic rings. The first kappa shape index (κ1) is 14.7. The molecule has 24 heavy (non-hydrogen) atoms. The lowest BCUT2D eigenvalue weighted by Crippen LogP contribution is -2.15. The van der Waals surface area contributed by atoms with Crippen molar-refractivity contribution < 1.29 is 19.1 Å². The lowest BCUT2D eigenvalue weighted by Gasteiger charge is -2.18. The lowest BCUT2D eigenvalue weighted by atomic mass is 10.1. The van der Waals surface area contributed by atoms with Gasteiger partial charge in [0.25, 0.3) is 5.91 Å². The maximum Gasteiger partial charge on any atom is 0.260 e. The summed E-state index contributed by atoms with van der Waals surface area (Å²) < 4.78 is 12.7. The summed E-state index contributed by atoms with van der Waals surface area (Å²) in [5, 5.41) is 0. The third-order valence-electron chi connectivity index (χ3n) is 3.89. The number of imidazole rings is 1. The average Bonchev–Trinajstić information content (AvgIpc) is 3.11. The van der Waals surface area contributed by atoms with Crippen LogP contribution in [0.3, 0.4) is 0 Å². The number of ether oxygens (including phenoxy) is 2. The van der Waals surface area contributed by atoms with Gasteiger partial charge in [0.05, 0.1) is 0 Å². The Morgan fingerprint density at radius 1 is 1.33 bits per heavy atom. The maximum absolute atomic E-state index is 11.7. The molecule has 2 N–H and O–H groups in total. The number of thiazole rings is 1. The number of carbonyl (C=O) groups excluding carboxylic acids is 2. The molecule has 0 saturated heterocycles. The second-order valence-corrected chi connectivity index (χ2v) is 6.30. The SMILES string of the molecule is Cc1c(C(N)=O)sc2nc(-c3ccc4c(c3)OCCO4)c(C=O)n12. The van der Waals surface area contributed by atoms with E-state index in [1.807, 2.05) is 6.07 Å². The van der Waals surface area contributed by atoms with Crippen LogP contribution >= 0.6 is 11.3 Å². The maximum atomic E-state index is 11.7. The van der Waals surface area contributed by atoms with Crippen molar-refractivity contribution in [2.45, 2.75) is 6.92 Å². The Morgan fingerprint density at radius 3 is 2.79 bits per heavy atom. The molecule has 0 atom stereocenters. The highest BCUT2D eigenvalue weighted by Gasteiger charge is 2.22. The Balaban J connectivity index is 1.91. The minimum atomic E-state index is -0.527. The smallest absolute Gasteiger partial charge is 0.260 e. The molecule has 1 aromatic carbocycles. The van der Waals surface area contributed by atoms with Crippen molar-refractivity contribution in [1.29, 1.82) is 0 Å². The second-order valence-electron chi connectivity index (χ2n) is 5.32. The number of nitrogens with zero attached hydrogens (tertiary/aromatic N) is 2. The molecule has 0 saturated carbocycles. The van der Waals surface area contributed by atoms with Gasteiger partial charge in [-0.2, -0.15) is 0 Å². The number of aldehydes is 1. The molecule has 2 aromatic heterocycles. The average molecular weight is 343 g/mol. The van der Waals surface area contributed by atoms with Crippen LogP contribution in [-0.4, -0.2) is 34.8 Å². The predicted octanol–water partition coefficient (Wildman–Crippen LogP) is 2.05. The number of primary amides is 1. The molecular formula is C16H13N3O4S. The molecule has 0 bridgehead atoms. The molecule has 4 rings (SSSR count). The van der Waals surface area contributed by atoms with Crippen molar-refractivity contribution in [1.82, 2.24) is 9.38 Å². The minimum Gasteiger partial charge on any atom is -0.486 e. The number of aryl methyl sites for hydroxylation is 1. The Kier molecular flexibility index (Phi) is 3.27. The summed E-state index contributed by atoms with van der Waals surface area (Å²) in [6.45, 7) is 2.74. The fourth-order valence-corrected chi connectivity index (χ4v) is 3.80. The van der Waals surface area contributed by atoms with Gasteiger partial charge in [-0.05, 0) is 25.1 Å². The van der Waals surface area contributed by atoms with E-state index < -0.39 is 5.91 Å². The summed E-state index contributed by atoms with van der Waals surface area (Å²) >= 11 is 1.17. The molecule has 0 radical (unpaired) electrons. The van der Waals surface area contributed by atoms with Gasteiger partial charge in [-0.15, -0.1) is 0 Å². The molecule has 8 heteroatoms. The number of hydrogen-bond acceptors (Lipinski definition) is 6. The number of nitrogens with two attached hydrogens (primary N) is 1. The van der Waals surface area contributed by atoms with E-state index in [0.717, 1.165) is 11.8 Å².